The van der Waals surface area contributed by atoms with E-state index in [1.165, 1.54) is 0 Å². The molecule has 1 aromatic heterocycles. The van der Waals surface area contributed by atoms with Gasteiger partial charge in [-0.25, -0.2) is 9.97 Å². The number of methoxy groups -OCH3 is 1. The molecule has 0 atom stereocenters. The monoisotopic (exact) mass is 289 g/mol. The van der Waals surface area contributed by atoms with Crippen molar-refractivity contribution in [3.63, 3.8) is 0 Å². The van der Waals surface area contributed by atoms with E-state index in [1.807, 2.05) is 37.3 Å². The highest BCUT2D eigenvalue weighted by Crippen LogP contribution is 2.23. The van der Waals surface area contributed by atoms with Gasteiger partial charge >= 0.3 is 0 Å². The molecule has 2 rings (SSSR count). The van der Waals surface area contributed by atoms with Crippen LogP contribution in [0.15, 0.2) is 35.5 Å². The Kier molecular flexibility index (Phi) is 4.57. The first-order chi connectivity index (χ1) is 9.58. The first-order valence-corrected chi connectivity index (χ1v) is 6.90. The van der Waals surface area contributed by atoms with Crippen LogP contribution in [0, 0.1) is 6.92 Å². The number of carboxylic acids is 1. The SMILES string of the molecule is COc1ccc(-c2cc(C)nc(SCC(=O)[O-])n2)cc1. The predicted octanol–water partition coefficient (Wildman–Crippen LogP) is 1.30. The van der Waals surface area contributed by atoms with Gasteiger partial charge in [0.15, 0.2) is 5.16 Å². The Bertz CT molecular complexity index is 614. The van der Waals surface area contributed by atoms with E-state index in [0.717, 1.165) is 34.5 Å². The second kappa shape index (κ2) is 6.38. The van der Waals surface area contributed by atoms with E-state index in [2.05, 4.69) is 9.97 Å². The van der Waals surface area contributed by atoms with Crippen molar-refractivity contribution in [2.45, 2.75) is 12.1 Å². The number of thioether (sulfide) groups is 1. The molecule has 0 bridgehead atoms. The van der Waals surface area contributed by atoms with Gasteiger partial charge in [0.1, 0.15) is 5.75 Å². The largest absolute Gasteiger partial charge is 0.549 e. The van der Waals surface area contributed by atoms with Crippen molar-refractivity contribution in [3.8, 4) is 17.0 Å². The number of nitrogens with zero attached hydrogens (tertiary/aromatic N) is 2. The summed E-state index contributed by atoms with van der Waals surface area (Å²) in [6.45, 7) is 1.85. The molecule has 1 heterocycles. The van der Waals surface area contributed by atoms with Crippen molar-refractivity contribution in [1.29, 1.82) is 0 Å². The van der Waals surface area contributed by atoms with Gasteiger partial charge < -0.3 is 14.6 Å². The number of carbonyl (C=O) groups excluding carboxylic acids is 1. The zero-order valence-corrected chi connectivity index (χ0v) is 11.9. The number of rotatable bonds is 5. The Labute approximate surface area is 121 Å². The van der Waals surface area contributed by atoms with Gasteiger partial charge in [-0.05, 0) is 37.3 Å². The molecule has 0 N–H and O–H groups in total. The van der Waals surface area contributed by atoms with Crippen molar-refractivity contribution in [3.05, 3.63) is 36.0 Å². The second-order valence-corrected chi connectivity index (χ2v) is 5.01. The molecule has 0 spiro atoms. The number of ether oxygens (including phenoxy) is 1. The lowest BCUT2D eigenvalue weighted by atomic mass is 10.1. The summed E-state index contributed by atoms with van der Waals surface area (Å²) in [5.74, 6) is -0.525. The zero-order valence-electron chi connectivity index (χ0n) is 11.1. The molecule has 5 nitrogen and oxygen atoms in total. The molecule has 0 aliphatic rings. The summed E-state index contributed by atoms with van der Waals surface area (Å²) in [6.07, 6.45) is 0. The average molecular weight is 289 g/mol. The Morgan fingerprint density at radius 1 is 1.30 bits per heavy atom. The lowest BCUT2D eigenvalue weighted by Crippen LogP contribution is -2.24. The van der Waals surface area contributed by atoms with Gasteiger partial charge in [0, 0.05) is 17.0 Å². The standard InChI is InChI=1S/C14H14N2O3S/c1-9-7-12(10-3-5-11(19-2)6-4-10)16-14(15-9)20-8-13(17)18/h3-7H,8H2,1-2H3,(H,17,18)/p-1. The first-order valence-electron chi connectivity index (χ1n) is 5.91. The summed E-state index contributed by atoms with van der Waals surface area (Å²) in [4.78, 5) is 19.0. The summed E-state index contributed by atoms with van der Waals surface area (Å²) >= 11 is 1.05. The molecule has 0 aliphatic carbocycles. The molecule has 6 heteroatoms. The Morgan fingerprint density at radius 2 is 2.00 bits per heavy atom. The van der Waals surface area contributed by atoms with Gasteiger partial charge in [0.05, 0.1) is 18.8 Å². The third-order valence-corrected chi connectivity index (χ3v) is 3.36. The van der Waals surface area contributed by atoms with E-state index in [1.54, 1.807) is 7.11 Å². The maximum Gasteiger partial charge on any atom is 0.188 e. The second-order valence-electron chi connectivity index (χ2n) is 4.07. The predicted molar refractivity (Wildman–Crippen MR) is 74.5 cm³/mol. The fourth-order valence-electron chi connectivity index (χ4n) is 1.64. The van der Waals surface area contributed by atoms with Crippen molar-refractivity contribution >= 4 is 17.7 Å². The molecule has 0 saturated heterocycles. The van der Waals surface area contributed by atoms with E-state index in [-0.39, 0.29) is 5.75 Å². The molecule has 104 valence electrons. The number of aryl methyl sites for hydroxylation is 1. The van der Waals surface area contributed by atoms with Crippen LogP contribution < -0.4 is 9.84 Å². The van der Waals surface area contributed by atoms with E-state index in [4.69, 9.17) is 4.74 Å². The normalized spacial score (nSPS) is 10.3. The molecule has 0 radical (unpaired) electrons. The van der Waals surface area contributed by atoms with Crippen LogP contribution in [0.4, 0.5) is 0 Å². The van der Waals surface area contributed by atoms with Crippen LogP contribution in [0.5, 0.6) is 5.75 Å². The zero-order chi connectivity index (χ0) is 14.5. The minimum atomic E-state index is -1.13. The minimum absolute atomic E-state index is 0.161. The van der Waals surface area contributed by atoms with Gasteiger partial charge in [-0.2, -0.15) is 0 Å². The molecular weight excluding hydrogens is 276 g/mol. The topological polar surface area (TPSA) is 75.1 Å². The molecule has 0 aliphatic heterocycles. The molecule has 0 fully saturated rings. The van der Waals surface area contributed by atoms with Crippen LogP contribution in [0.3, 0.4) is 0 Å². The van der Waals surface area contributed by atoms with Crippen LogP contribution in [0.2, 0.25) is 0 Å². The average Bonchev–Trinajstić information content (AvgIpc) is 2.44. The number of aromatic nitrogens is 2. The van der Waals surface area contributed by atoms with Crippen LogP contribution in [0.25, 0.3) is 11.3 Å². The van der Waals surface area contributed by atoms with E-state index in [9.17, 15) is 9.90 Å². The fraction of sp³-hybridized carbons (Fsp3) is 0.214. The number of aliphatic carboxylic acids is 1. The lowest BCUT2D eigenvalue weighted by Gasteiger charge is -2.07. The third-order valence-electron chi connectivity index (χ3n) is 2.54. The fourth-order valence-corrected chi connectivity index (χ4v) is 2.26. The number of benzene rings is 1. The van der Waals surface area contributed by atoms with E-state index in [0.29, 0.717) is 5.16 Å². The van der Waals surface area contributed by atoms with Crippen molar-refractivity contribution in [2.75, 3.05) is 12.9 Å². The molecule has 0 unspecified atom stereocenters. The number of hydrogen-bond donors (Lipinski definition) is 0. The lowest BCUT2D eigenvalue weighted by molar-refractivity contribution is -0.301. The van der Waals surface area contributed by atoms with Crippen LogP contribution in [-0.2, 0) is 4.79 Å². The molecule has 20 heavy (non-hydrogen) atoms. The maximum atomic E-state index is 10.5. The number of hydrogen-bond acceptors (Lipinski definition) is 6. The molecule has 1 aromatic carbocycles. The van der Waals surface area contributed by atoms with E-state index < -0.39 is 5.97 Å². The maximum absolute atomic E-state index is 10.5. The van der Waals surface area contributed by atoms with Gasteiger partial charge in [0.25, 0.3) is 0 Å². The van der Waals surface area contributed by atoms with Gasteiger partial charge in [-0.3, -0.25) is 0 Å². The third kappa shape index (κ3) is 3.71. The quantitative estimate of drug-likeness (QED) is 0.610. The Balaban J connectivity index is 2.28. The summed E-state index contributed by atoms with van der Waals surface area (Å²) in [5, 5.41) is 10.9. The van der Waals surface area contributed by atoms with Gasteiger partial charge in [-0.1, -0.05) is 11.8 Å². The minimum Gasteiger partial charge on any atom is -0.549 e. The Morgan fingerprint density at radius 3 is 2.60 bits per heavy atom. The van der Waals surface area contributed by atoms with Gasteiger partial charge in [-0.15, -0.1) is 0 Å². The highest BCUT2D eigenvalue weighted by molar-refractivity contribution is 7.99. The van der Waals surface area contributed by atoms with Crippen molar-refractivity contribution in [1.82, 2.24) is 9.97 Å². The van der Waals surface area contributed by atoms with Crippen LogP contribution in [-0.4, -0.2) is 28.8 Å². The van der Waals surface area contributed by atoms with Gasteiger partial charge in [0.2, 0.25) is 0 Å². The number of carbonyl (C=O) groups is 1. The summed E-state index contributed by atoms with van der Waals surface area (Å²) in [7, 11) is 1.61. The highest BCUT2D eigenvalue weighted by Gasteiger charge is 2.06. The summed E-state index contributed by atoms with van der Waals surface area (Å²) in [5.41, 5.74) is 2.46. The molecule has 2 aromatic rings. The van der Waals surface area contributed by atoms with Crippen molar-refractivity contribution in [2.24, 2.45) is 0 Å². The highest BCUT2D eigenvalue weighted by atomic mass is 32.2. The van der Waals surface area contributed by atoms with Crippen LogP contribution >= 0.6 is 11.8 Å². The molecular formula is C14H13N2O3S-. The van der Waals surface area contributed by atoms with Crippen molar-refractivity contribution < 1.29 is 14.6 Å². The summed E-state index contributed by atoms with van der Waals surface area (Å²) in [6, 6.07) is 9.34. The van der Waals surface area contributed by atoms with Crippen LogP contribution in [0.1, 0.15) is 5.69 Å². The number of carboxylic acid groups (broad SMARTS) is 1. The smallest absolute Gasteiger partial charge is 0.188 e. The molecule has 0 amide bonds. The Hall–Kier alpha value is -2.08. The molecule has 0 saturated carbocycles. The first kappa shape index (κ1) is 14.3. The van der Waals surface area contributed by atoms with E-state index >= 15 is 0 Å². The summed E-state index contributed by atoms with van der Waals surface area (Å²) < 4.78 is 5.11.